The number of rotatable bonds is 6. The molecule has 0 bridgehead atoms. The van der Waals surface area contributed by atoms with E-state index in [1.54, 1.807) is 13.2 Å². The minimum absolute atomic E-state index is 0.217. The second-order valence-electron chi connectivity index (χ2n) is 6.12. The molecule has 138 valence electrons. The van der Waals surface area contributed by atoms with Gasteiger partial charge in [0.25, 0.3) is 0 Å². The molecule has 0 aliphatic carbocycles. The summed E-state index contributed by atoms with van der Waals surface area (Å²) in [5, 5.41) is 4.57. The third-order valence-electron chi connectivity index (χ3n) is 4.27. The summed E-state index contributed by atoms with van der Waals surface area (Å²) in [6.45, 7) is 4.12. The molecule has 0 radical (unpaired) electrons. The van der Waals surface area contributed by atoms with E-state index < -0.39 is 5.97 Å². The topological polar surface area (TPSA) is 53.4 Å². The highest BCUT2D eigenvalue weighted by atomic mass is 16.5. The van der Waals surface area contributed by atoms with Crippen LogP contribution in [-0.4, -0.2) is 22.9 Å². The van der Waals surface area contributed by atoms with Crippen molar-refractivity contribution in [3.8, 4) is 11.4 Å². The molecular formula is C22H22N2O3. The molecular weight excluding hydrogens is 340 g/mol. The molecule has 1 aromatic heterocycles. The normalized spacial score (nSPS) is 10.9. The number of carbonyl (C=O) groups excluding carboxylic acids is 1. The van der Waals surface area contributed by atoms with Crippen molar-refractivity contribution in [2.75, 3.05) is 7.11 Å². The van der Waals surface area contributed by atoms with Gasteiger partial charge in [0.2, 0.25) is 0 Å². The number of hydrogen-bond acceptors (Lipinski definition) is 4. The molecule has 0 N–H and O–H groups in total. The van der Waals surface area contributed by atoms with Gasteiger partial charge in [-0.2, -0.15) is 5.10 Å². The molecule has 0 aliphatic rings. The van der Waals surface area contributed by atoms with E-state index in [4.69, 9.17) is 9.47 Å². The van der Waals surface area contributed by atoms with Crippen LogP contribution in [0, 0.1) is 13.8 Å². The fourth-order valence-corrected chi connectivity index (χ4v) is 2.79. The summed E-state index contributed by atoms with van der Waals surface area (Å²) in [7, 11) is 1.61. The molecule has 2 aromatic carbocycles. The summed E-state index contributed by atoms with van der Waals surface area (Å²) in [6, 6.07) is 17.3. The molecule has 0 spiro atoms. The lowest BCUT2D eigenvalue weighted by Crippen LogP contribution is -2.01. The molecule has 0 amide bonds. The maximum atomic E-state index is 12.1. The smallest absolute Gasteiger partial charge is 0.331 e. The lowest BCUT2D eigenvalue weighted by atomic mass is 10.2. The van der Waals surface area contributed by atoms with Crippen molar-refractivity contribution in [1.82, 2.24) is 9.78 Å². The number of aryl methyl sites for hydroxylation is 1. The Morgan fingerprint density at radius 3 is 2.44 bits per heavy atom. The number of aromatic nitrogens is 2. The van der Waals surface area contributed by atoms with Gasteiger partial charge in [0.05, 0.1) is 18.5 Å². The first-order valence-electron chi connectivity index (χ1n) is 8.68. The second-order valence-corrected chi connectivity index (χ2v) is 6.12. The Hall–Kier alpha value is -3.34. The Balaban J connectivity index is 1.66. The minimum Gasteiger partial charge on any atom is -0.497 e. The highest BCUT2D eigenvalue weighted by molar-refractivity contribution is 5.87. The first kappa shape index (κ1) is 18.5. The number of esters is 1. The Morgan fingerprint density at radius 1 is 1.07 bits per heavy atom. The first-order chi connectivity index (χ1) is 13.1. The maximum absolute atomic E-state index is 12.1. The van der Waals surface area contributed by atoms with Crippen molar-refractivity contribution in [3.63, 3.8) is 0 Å². The van der Waals surface area contributed by atoms with E-state index in [9.17, 15) is 4.79 Å². The number of methoxy groups -OCH3 is 1. The van der Waals surface area contributed by atoms with Crippen LogP contribution in [0.4, 0.5) is 0 Å². The van der Waals surface area contributed by atoms with E-state index >= 15 is 0 Å². The summed E-state index contributed by atoms with van der Waals surface area (Å²) >= 11 is 0. The highest BCUT2D eigenvalue weighted by Crippen LogP contribution is 2.19. The highest BCUT2D eigenvalue weighted by Gasteiger charge is 2.11. The van der Waals surface area contributed by atoms with Crippen LogP contribution in [-0.2, 0) is 16.1 Å². The molecule has 27 heavy (non-hydrogen) atoms. The molecule has 3 rings (SSSR count). The predicted molar refractivity (Wildman–Crippen MR) is 105 cm³/mol. The van der Waals surface area contributed by atoms with Crippen LogP contribution in [0.15, 0.2) is 60.7 Å². The SMILES string of the molecule is COc1ccc(COC(=O)/C=C/c2c(C)nn(-c3ccccc3)c2C)cc1. The maximum Gasteiger partial charge on any atom is 0.331 e. The molecule has 0 aliphatic heterocycles. The number of para-hydroxylation sites is 1. The zero-order valence-corrected chi connectivity index (χ0v) is 15.7. The van der Waals surface area contributed by atoms with Crippen molar-refractivity contribution in [3.05, 3.63) is 83.2 Å². The summed E-state index contributed by atoms with van der Waals surface area (Å²) in [5.74, 6) is 0.378. The van der Waals surface area contributed by atoms with E-state index in [-0.39, 0.29) is 6.61 Å². The van der Waals surface area contributed by atoms with Crippen LogP contribution in [0.25, 0.3) is 11.8 Å². The lowest BCUT2D eigenvalue weighted by molar-refractivity contribution is -0.138. The molecule has 0 saturated heterocycles. The lowest BCUT2D eigenvalue weighted by Gasteiger charge is -2.04. The molecule has 1 heterocycles. The van der Waals surface area contributed by atoms with E-state index in [2.05, 4.69) is 5.10 Å². The fraction of sp³-hybridized carbons (Fsp3) is 0.182. The monoisotopic (exact) mass is 362 g/mol. The molecule has 3 aromatic rings. The van der Waals surface area contributed by atoms with Crippen LogP contribution >= 0.6 is 0 Å². The largest absolute Gasteiger partial charge is 0.497 e. The number of carbonyl (C=O) groups is 1. The number of ether oxygens (including phenoxy) is 2. The van der Waals surface area contributed by atoms with Gasteiger partial charge in [-0.3, -0.25) is 0 Å². The van der Waals surface area contributed by atoms with Crippen molar-refractivity contribution >= 4 is 12.0 Å². The van der Waals surface area contributed by atoms with Gasteiger partial charge in [0, 0.05) is 17.3 Å². The van der Waals surface area contributed by atoms with Gasteiger partial charge >= 0.3 is 5.97 Å². The van der Waals surface area contributed by atoms with Crippen LogP contribution in [0.3, 0.4) is 0 Å². The van der Waals surface area contributed by atoms with Crippen LogP contribution in [0.2, 0.25) is 0 Å². The third kappa shape index (κ3) is 4.44. The summed E-state index contributed by atoms with van der Waals surface area (Å²) in [5.41, 5.74) is 4.63. The van der Waals surface area contributed by atoms with Crippen molar-refractivity contribution in [1.29, 1.82) is 0 Å². The predicted octanol–water partition coefficient (Wildman–Crippen LogP) is 4.25. The van der Waals surface area contributed by atoms with Gasteiger partial charge < -0.3 is 9.47 Å². The molecule has 5 nitrogen and oxygen atoms in total. The van der Waals surface area contributed by atoms with E-state index in [0.29, 0.717) is 0 Å². The Kier molecular flexibility index (Phi) is 5.71. The fourth-order valence-electron chi connectivity index (χ4n) is 2.79. The third-order valence-corrected chi connectivity index (χ3v) is 4.27. The van der Waals surface area contributed by atoms with E-state index in [1.165, 1.54) is 6.08 Å². The van der Waals surface area contributed by atoms with Gasteiger partial charge in [0.1, 0.15) is 12.4 Å². The van der Waals surface area contributed by atoms with Gasteiger partial charge in [-0.15, -0.1) is 0 Å². The number of benzene rings is 2. The quantitative estimate of drug-likeness (QED) is 0.486. The summed E-state index contributed by atoms with van der Waals surface area (Å²) < 4.78 is 12.3. The zero-order valence-electron chi connectivity index (χ0n) is 15.7. The van der Waals surface area contributed by atoms with Crippen LogP contribution < -0.4 is 4.74 Å². The number of hydrogen-bond donors (Lipinski definition) is 0. The van der Waals surface area contributed by atoms with Crippen molar-refractivity contribution < 1.29 is 14.3 Å². The molecule has 0 fully saturated rings. The van der Waals surface area contributed by atoms with Gasteiger partial charge in [-0.05, 0) is 49.8 Å². The Labute approximate surface area is 158 Å². The van der Waals surface area contributed by atoms with E-state index in [0.717, 1.165) is 34.0 Å². The zero-order chi connectivity index (χ0) is 19.2. The van der Waals surface area contributed by atoms with Gasteiger partial charge in [-0.1, -0.05) is 30.3 Å². The molecule has 5 heteroatoms. The molecule has 0 saturated carbocycles. The summed E-state index contributed by atoms with van der Waals surface area (Å²) in [6.07, 6.45) is 3.20. The minimum atomic E-state index is -0.392. The van der Waals surface area contributed by atoms with Gasteiger partial charge in [-0.25, -0.2) is 9.48 Å². The van der Waals surface area contributed by atoms with Crippen LogP contribution in [0.5, 0.6) is 5.75 Å². The average Bonchev–Trinajstić information content (AvgIpc) is 2.99. The molecule has 0 unspecified atom stereocenters. The first-order valence-corrected chi connectivity index (χ1v) is 8.68. The summed E-state index contributed by atoms with van der Waals surface area (Å²) in [4.78, 5) is 12.1. The average molecular weight is 362 g/mol. The van der Waals surface area contributed by atoms with Crippen molar-refractivity contribution in [2.45, 2.75) is 20.5 Å². The van der Waals surface area contributed by atoms with E-state index in [1.807, 2.05) is 73.1 Å². The Bertz CT molecular complexity index is 942. The van der Waals surface area contributed by atoms with Crippen molar-refractivity contribution in [2.24, 2.45) is 0 Å². The Morgan fingerprint density at radius 2 is 1.78 bits per heavy atom. The standard InChI is InChI=1S/C22H22N2O3/c1-16-21(17(2)24(23-16)19-7-5-4-6-8-19)13-14-22(25)27-15-18-9-11-20(26-3)12-10-18/h4-14H,15H2,1-3H3/b14-13+. The number of nitrogens with zero attached hydrogens (tertiary/aromatic N) is 2. The second kappa shape index (κ2) is 8.36. The van der Waals surface area contributed by atoms with Crippen LogP contribution in [0.1, 0.15) is 22.5 Å². The van der Waals surface area contributed by atoms with Gasteiger partial charge in [0.15, 0.2) is 0 Å². The molecule has 0 atom stereocenters.